The van der Waals surface area contributed by atoms with Crippen LogP contribution in [0.2, 0.25) is 0 Å². The Bertz CT molecular complexity index is 1100. The number of rotatable bonds is 3. The van der Waals surface area contributed by atoms with Crippen LogP contribution in [0.5, 0.6) is 0 Å². The average molecular weight is 393 g/mol. The summed E-state index contributed by atoms with van der Waals surface area (Å²) in [6.07, 6.45) is 0. The predicted octanol–water partition coefficient (Wildman–Crippen LogP) is 5.64. The van der Waals surface area contributed by atoms with E-state index < -0.39 is 0 Å². The third kappa shape index (κ3) is 2.95. The first-order valence-corrected chi connectivity index (χ1v) is 10.6. The molecule has 27 heavy (non-hydrogen) atoms. The van der Waals surface area contributed by atoms with Gasteiger partial charge in [0.25, 0.3) is 0 Å². The van der Waals surface area contributed by atoms with Gasteiger partial charge in [0, 0.05) is 10.8 Å². The number of furan rings is 1. The van der Waals surface area contributed by atoms with E-state index in [4.69, 9.17) is 9.40 Å². The Kier molecular flexibility index (Phi) is 4.02. The van der Waals surface area contributed by atoms with Crippen molar-refractivity contribution in [2.75, 3.05) is 10.7 Å². The molecule has 0 N–H and O–H groups in total. The van der Waals surface area contributed by atoms with Gasteiger partial charge in [-0.3, -0.25) is 9.69 Å². The number of amides is 1. The number of hydrogen-bond donors (Lipinski definition) is 0. The Labute approximate surface area is 164 Å². The third-order valence-electron chi connectivity index (χ3n) is 4.61. The van der Waals surface area contributed by atoms with Crippen LogP contribution in [0.3, 0.4) is 0 Å². The quantitative estimate of drug-likeness (QED) is 0.452. The molecule has 1 atom stereocenters. The fourth-order valence-electron chi connectivity index (χ4n) is 3.20. The van der Waals surface area contributed by atoms with Crippen LogP contribution >= 0.6 is 23.1 Å². The molecular weight excluding hydrogens is 376 g/mol. The summed E-state index contributed by atoms with van der Waals surface area (Å²) in [5.41, 5.74) is 3.93. The van der Waals surface area contributed by atoms with E-state index in [1.165, 1.54) is 16.9 Å². The lowest BCUT2D eigenvalue weighted by Crippen LogP contribution is -2.27. The molecule has 5 rings (SSSR count). The van der Waals surface area contributed by atoms with E-state index in [9.17, 15) is 4.79 Å². The van der Waals surface area contributed by atoms with E-state index in [1.807, 2.05) is 40.6 Å². The number of thiazole rings is 1. The minimum Gasteiger partial charge on any atom is -0.454 e. The molecule has 0 spiro atoms. The van der Waals surface area contributed by atoms with Crippen molar-refractivity contribution in [3.8, 4) is 11.5 Å². The first-order chi connectivity index (χ1) is 13.2. The van der Waals surface area contributed by atoms with Crippen LogP contribution in [-0.2, 0) is 4.79 Å². The van der Waals surface area contributed by atoms with Gasteiger partial charge >= 0.3 is 0 Å². The van der Waals surface area contributed by atoms with Crippen molar-refractivity contribution in [3.05, 3.63) is 71.1 Å². The maximum Gasteiger partial charge on any atom is 0.240 e. The SMILES string of the molecule is Cc1ccc(C2SCC(=O)N2c2nc(-c3cc4ccccc4o3)cs2)cc1. The van der Waals surface area contributed by atoms with Crippen LogP contribution in [0.15, 0.2) is 64.4 Å². The molecule has 1 amide bonds. The Morgan fingerprint density at radius 3 is 2.78 bits per heavy atom. The highest BCUT2D eigenvalue weighted by Crippen LogP contribution is 2.43. The molecule has 134 valence electrons. The second kappa shape index (κ2) is 6.55. The average Bonchev–Trinajstić information content (AvgIpc) is 3.39. The van der Waals surface area contributed by atoms with Gasteiger partial charge in [0.15, 0.2) is 10.9 Å². The van der Waals surface area contributed by atoms with Crippen molar-refractivity contribution >= 4 is 45.1 Å². The minimum absolute atomic E-state index is 0.0345. The van der Waals surface area contributed by atoms with Crippen molar-refractivity contribution in [2.45, 2.75) is 12.3 Å². The van der Waals surface area contributed by atoms with Gasteiger partial charge in [-0.2, -0.15) is 0 Å². The van der Waals surface area contributed by atoms with Gasteiger partial charge in [0.05, 0.1) is 5.75 Å². The van der Waals surface area contributed by atoms with Crippen molar-refractivity contribution in [1.82, 2.24) is 4.98 Å². The molecular formula is C21H16N2O2S2. The van der Waals surface area contributed by atoms with Gasteiger partial charge in [0.2, 0.25) is 5.91 Å². The number of nitrogens with zero attached hydrogens (tertiary/aromatic N) is 2. The summed E-state index contributed by atoms with van der Waals surface area (Å²) >= 11 is 3.12. The largest absolute Gasteiger partial charge is 0.454 e. The summed E-state index contributed by atoms with van der Waals surface area (Å²) < 4.78 is 5.92. The number of aryl methyl sites for hydroxylation is 1. The van der Waals surface area contributed by atoms with E-state index in [1.54, 1.807) is 11.8 Å². The minimum atomic E-state index is -0.0345. The molecule has 6 heteroatoms. The summed E-state index contributed by atoms with van der Waals surface area (Å²) in [4.78, 5) is 19.1. The lowest BCUT2D eigenvalue weighted by molar-refractivity contribution is -0.115. The van der Waals surface area contributed by atoms with E-state index in [2.05, 4.69) is 31.2 Å². The standard InChI is InChI=1S/C21H16N2O2S2/c1-13-6-8-14(9-7-13)20-23(19(24)12-26-20)21-22-16(11-27-21)18-10-15-4-2-3-5-17(15)25-18/h2-11,20H,12H2,1H3. The molecule has 2 aromatic carbocycles. The molecule has 0 radical (unpaired) electrons. The first-order valence-electron chi connectivity index (χ1n) is 8.64. The summed E-state index contributed by atoms with van der Waals surface area (Å²) in [5.74, 6) is 1.29. The molecule has 3 heterocycles. The van der Waals surface area contributed by atoms with Crippen LogP contribution in [0.25, 0.3) is 22.4 Å². The molecule has 1 saturated heterocycles. The predicted molar refractivity (Wildman–Crippen MR) is 111 cm³/mol. The van der Waals surface area contributed by atoms with Crippen LogP contribution < -0.4 is 4.90 Å². The highest BCUT2D eigenvalue weighted by atomic mass is 32.2. The van der Waals surface area contributed by atoms with Crippen molar-refractivity contribution < 1.29 is 9.21 Å². The maximum absolute atomic E-state index is 12.6. The monoisotopic (exact) mass is 392 g/mol. The van der Waals surface area contributed by atoms with Crippen molar-refractivity contribution in [1.29, 1.82) is 0 Å². The Balaban J connectivity index is 1.50. The summed E-state index contributed by atoms with van der Waals surface area (Å²) in [6.45, 7) is 2.06. The zero-order valence-electron chi connectivity index (χ0n) is 14.6. The molecule has 1 fully saturated rings. The zero-order chi connectivity index (χ0) is 18.4. The lowest BCUT2D eigenvalue weighted by atomic mass is 10.1. The number of thioether (sulfide) groups is 1. The summed E-state index contributed by atoms with van der Waals surface area (Å²) in [7, 11) is 0. The number of carbonyl (C=O) groups is 1. The van der Waals surface area contributed by atoms with Crippen LogP contribution in [-0.4, -0.2) is 16.6 Å². The first kappa shape index (κ1) is 16.6. The van der Waals surface area contributed by atoms with E-state index in [0.29, 0.717) is 10.9 Å². The molecule has 0 bridgehead atoms. The summed E-state index contributed by atoms with van der Waals surface area (Å²) in [6, 6.07) is 18.2. The fraction of sp³-hybridized carbons (Fsp3) is 0.143. The number of anilines is 1. The Morgan fingerprint density at radius 2 is 1.96 bits per heavy atom. The number of para-hydroxylation sites is 1. The van der Waals surface area contributed by atoms with Crippen molar-refractivity contribution in [3.63, 3.8) is 0 Å². The molecule has 4 nitrogen and oxygen atoms in total. The van der Waals surface area contributed by atoms with Gasteiger partial charge in [-0.05, 0) is 24.6 Å². The molecule has 0 aliphatic carbocycles. The normalized spacial score (nSPS) is 17.1. The smallest absolute Gasteiger partial charge is 0.240 e. The van der Waals surface area contributed by atoms with Gasteiger partial charge in [-0.1, -0.05) is 48.0 Å². The molecule has 0 saturated carbocycles. The van der Waals surface area contributed by atoms with E-state index >= 15 is 0 Å². The molecule has 4 aromatic rings. The van der Waals surface area contributed by atoms with Gasteiger partial charge in [0.1, 0.15) is 16.7 Å². The van der Waals surface area contributed by atoms with Gasteiger partial charge in [-0.15, -0.1) is 23.1 Å². The van der Waals surface area contributed by atoms with Gasteiger partial charge in [-0.25, -0.2) is 4.98 Å². The highest BCUT2D eigenvalue weighted by molar-refractivity contribution is 8.00. The highest BCUT2D eigenvalue weighted by Gasteiger charge is 2.36. The topological polar surface area (TPSA) is 46.3 Å². The number of benzene rings is 2. The van der Waals surface area contributed by atoms with Crippen LogP contribution in [0, 0.1) is 6.92 Å². The number of aromatic nitrogens is 1. The van der Waals surface area contributed by atoms with Gasteiger partial charge < -0.3 is 4.42 Å². The number of fused-ring (bicyclic) bond motifs is 1. The van der Waals surface area contributed by atoms with Crippen LogP contribution in [0.4, 0.5) is 5.13 Å². The molecule has 2 aromatic heterocycles. The van der Waals surface area contributed by atoms with Crippen LogP contribution in [0.1, 0.15) is 16.5 Å². The maximum atomic E-state index is 12.6. The third-order valence-corrected chi connectivity index (χ3v) is 6.66. The molecule has 1 aliphatic rings. The molecule has 1 unspecified atom stereocenters. The Morgan fingerprint density at radius 1 is 1.15 bits per heavy atom. The second-order valence-corrected chi connectivity index (χ2v) is 8.41. The Hall–Kier alpha value is -2.57. The molecule has 1 aliphatic heterocycles. The lowest BCUT2D eigenvalue weighted by Gasteiger charge is -2.21. The second-order valence-electron chi connectivity index (χ2n) is 6.50. The number of carbonyl (C=O) groups excluding carboxylic acids is 1. The summed E-state index contributed by atoms with van der Waals surface area (Å²) in [5, 5.41) is 3.68. The van der Waals surface area contributed by atoms with E-state index in [-0.39, 0.29) is 11.3 Å². The van der Waals surface area contributed by atoms with Crippen molar-refractivity contribution in [2.24, 2.45) is 0 Å². The van der Waals surface area contributed by atoms with E-state index in [0.717, 1.165) is 28.0 Å². The fourth-order valence-corrected chi connectivity index (χ4v) is 5.28. The number of hydrogen-bond acceptors (Lipinski definition) is 5. The zero-order valence-corrected chi connectivity index (χ0v) is 16.2.